The summed E-state index contributed by atoms with van der Waals surface area (Å²) in [5.41, 5.74) is 8.66. The van der Waals surface area contributed by atoms with Gasteiger partial charge in [0.15, 0.2) is 5.65 Å². The molecular formula is C15H16N4. The maximum atomic E-state index is 5.86. The number of nitrogens with zero attached hydrogens (tertiary/aromatic N) is 3. The summed E-state index contributed by atoms with van der Waals surface area (Å²) in [4.78, 5) is 0. The van der Waals surface area contributed by atoms with E-state index in [0.29, 0.717) is 0 Å². The lowest BCUT2D eigenvalue weighted by atomic mass is 9.96. The molecule has 96 valence electrons. The number of benzene rings is 1. The molecule has 0 aliphatic heterocycles. The molecule has 0 aliphatic carbocycles. The van der Waals surface area contributed by atoms with Crippen LogP contribution in [0.4, 0.5) is 5.69 Å². The van der Waals surface area contributed by atoms with Crippen LogP contribution in [0.3, 0.4) is 0 Å². The fourth-order valence-electron chi connectivity index (χ4n) is 2.42. The van der Waals surface area contributed by atoms with E-state index >= 15 is 0 Å². The highest BCUT2D eigenvalue weighted by atomic mass is 15.2. The quantitative estimate of drug-likeness (QED) is 0.779. The minimum absolute atomic E-state index is 0.234. The number of nitrogens with two attached hydrogens (primary N) is 1. The van der Waals surface area contributed by atoms with E-state index in [1.165, 1.54) is 5.56 Å². The number of fused-ring (bicyclic) bond motifs is 1. The molecule has 0 amide bonds. The maximum absolute atomic E-state index is 5.86. The number of aromatic nitrogens is 3. The van der Waals surface area contributed by atoms with E-state index in [0.717, 1.165) is 23.6 Å². The van der Waals surface area contributed by atoms with Gasteiger partial charge >= 0.3 is 0 Å². The summed E-state index contributed by atoms with van der Waals surface area (Å²) < 4.78 is 1.98. The summed E-state index contributed by atoms with van der Waals surface area (Å²) in [7, 11) is 0. The van der Waals surface area contributed by atoms with Crippen LogP contribution in [-0.4, -0.2) is 14.6 Å². The third kappa shape index (κ3) is 2.05. The molecular weight excluding hydrogens is 236 g/mol. The van der Waals surface area contributed by atoms with E-state index in [4.69, 9.17) is 5.73 Å². The zero-order valence-corrected chi connectivity index (χ0v) is 10.8. The van der Waals surface area contributed by atoms with E-state index in [9.17, 15) is 0 Å². The van der Waals surface area contributed by atoms with Gasteiger partial charge in [0, 0.05) is 17.8 Å². The molecule has 1 aromatic carbocycles. The smallest absolute Gasteiger partial charge is 0.160 e. The van der Waals surface area contributed by atoms with Crippen LogP contribution in [0, 0.1) is 0 Å². The normalized spacial score (nSPS) is 12.7. The molecule has 0 aliphatic rings. The molecule has 0 saturated heterocycles. The van der Waals surface area contributed by atoms with Crippen LogP contribution < -0.4 is 5.73 Å². The van der Waals surface area contributed by atoms with Gasteiger partial charge in [0.25, 0.3) is 0 Å². The highest BCUT2D eigenvalue weighted by molar-refractivity contribution is 5.48. The molecule has 0 spiro atoms. The van der Waals surface area contributed by atoms with E-state index < -0.39 is 0 Å². The average Bonchev–Trinajstić information content (AvgIpc) is 2.84. The second-order valence-electron chi connectivity index (χ2n) is 4.62. The van der Waals surface area contributed by atoms with Gasteiger partial charge in [0.05, 0.1) is 0 Å². The zero-order chi connectivity index (χ0) is 13.2. The molecule has 2 heterocycles. The lowest BCUT2D eigenvalue weighted by Crippen LogP contribution is -2.05. The largest absolute Gasteiger partial charge is 0.398 e. The van der Waals surface area contributed by atoms with Crippen LogP contribution in [0.5, 0.6) is 0 Å². The topological polar surface area (TPSA) is 56.2 Å². The Morgan fingerprint density at radius 1 is 1.11 bits per heavy atom. The van der Waals surface area contributed by atoms with Gasteiger partial charge in [0.2, 0.25) is 0 Å². The van der Waals surface area contributed by atoms with Crippen molar-refractivity contribution in [1.29, 1.82) is 0 Å². The maximum Gasteiger partial charge on any atom is 0.160 e. The van der Waals surface area contributed by atoms with Crippen LogP contribution in [0.2, 0.25) is 0 Å². The summed E-state index contributed by atoms with van der Waals surface area (Å²) in [6, 6.07) is 14.1. The zero-order valence-electron chi connectivity index (χ0n) is 10.8. The molecule has 0 fully saturated rings. The molecule has 0 saturated carbocycles. The van der Waals surface area contributed by atoms with E-state index in [1.807, 2.05) is 28.8 Å². The van der Waals surface area contributed by atoms with E-state index in [2.05, 4.69) is 41.4 Å². The highest BCUT2D eigenvalue weighted by Crippen LogP contribution is 2.26. The standard InChI is InChI=1S/C15H16N4/c1-2-13(11-6-4-3-5-7-11)15-18-17-14-9-8-12(16)10-19(14)15/h3-10,13H,2,16H2,1H3. The van der Waals surface area contributed by atoms with E-state index in [1.54, 1.807) is 0 Å². The average molecular weight is 252 g/mol. The Morgan fingerprint density at radius 3 is 2.63 bits per heavy atom. The Balaban J connectivity index is 2.14. The number of pyridine rings is 1. The van der Waals surface area contributed by atoms with Crippen molar-refractivity contribution < 1.29 is 0 Å². The Labute approximate surface area is 111 Å². The first-order valence-electron chi connectivity index (χ1n) is 6.44. The summed E-state index contributed by atoms with van der Waals surface area (Å²) in [6.45, 7) is 2.16. The van der Waals surface area contributed by atoms with Gasteiger partial charge in [-0.25, -0.2) is 0 Å². The highest BCUT2D eigenvalue weighted by Gasteiger charge is 2.18. The van der Waals surface area contributed by atoms with Crippen LogP contribution >= 0.6 is 0 Å². The molecule has 1 atom stereocenters. The van der Waals surface area contributed by atoms with Gasteiger partial charge in [-0.3, -0.25) is 4.40 Å². The molecule has 1 unspecified atom stereocenters. The van der Waals surface area contributed by atoms with Crippen molar-refractivity contribution in [2.24, 2.45) is 0 Å². The predicted octanol–water partition coefficient (Wildman–Crippen LogP) is 2.85. The van der Waals surface area contributed by atoms with Gasteiger partial charge in [0.1, 0.15) is 5.82 Å². The summed E-state index contributed by atoms with van der Waals surface area (Å²) in [5, 5.41) is 8.55. The summed E-state index contributed by atoms with van der Waals surface area (Å²) in [6.07, 6.45) is 2.86. The number of hydrogen-bond acceptors (Lipinski definition) is 3. The Morgan fingerprint density at radius 2 is 1.89 bits per heavy atom. The van der Waals surface area contributed by atoms with Crippen molar-refractivity contribution in [3.63, 3.8) is 0 Å². The Bertz CT molecular complexity index is 688. The van der Waals surface area contributed by atoms with Crippen molar-refractivity contribution in [2.75, 3.05) is 5.73 Å². The fraction of sp³-hybridized carbons (Fsp3) is 0.200. The number of hydrogen-bond donors (Lipinski definition) is 1. The van der Waals surface area contributed by atoms with Crippen molar-refractivity contribution >= 4 is 11.3 Å². The molecule has 2 aromatic heterocycles. The Kier molecular flexibility index (Phi) is 2.91. The SMILES string of the molecule is CCC(c1ccccc1)c1nnc2ccc(N)cn12. The molecule has 4 nitrogen and oxygen atoms in total. The molecule has 19 heavy (non-hydrogen) atoms. The fourth-order valence-corrected chi connectivity index (χ4v) is 2.42. The van der Waals surface area contributed by atoms with Crippen LogP contribution in [0.15, 0.2) is 48.7 Å². The van der Waals surface area contributed by atoms with Gasteiger partial charge in [-0.05, 0) is 24.1 Å². The Hall–Kier alpha value is -2.36. The van der Waals surface area contributed by atoms with Gasteiger partial charge < -0.3 is 5.73 Å². The first-order chi connectivity index (χ1) is 9.29. The second kappa shape index (κ2) is 4.72. The molecule has 0 bridgehead atoms. The van der Waals surface area contributed by atoms with Crippen molar-refractivity contribution in [2.45, 2.75) is 19.3 Å². The molecule has 2 N–H and O–H groups in total. The van der Waals surface area contributed by atoms with Gasteiger partial charge in [-0.2, -0.15) is 0 Å². The summed E-state index contributed by atoms with van der Waals surface area (Å²) in [5.74, 6) is 1.18. The number of anilines is 1. The molecule has 0 radical (unpaired) electrons. The van der Waals surface area contributed by atoms with Crippen molar-refractivity contribution in [1.82, 2.24) is 14.6 Å². The minimum Gasteiger partial charge on any atom is -0.398 e. The molecule has 3 rings (SSSR count). The monoisotopic (exact) mass is 252 g/mol. The van der Waals surface area contributed by atoms with Crippen LogP contribution in [0.1, 0.15) is 30.7 Å². The second-order valence-corrected chi connectivity index (χ2v) is 4.62. The summed E-state index contributed by atoms with van der Waals surface area (Å²) >= 11 is 0. The number of rotatable bonds is 3. The van der Waals surface area contributed by atoms with E-state index in [-0.39, 0.29) is 5.92 Å². The first-order valence-corrected chi connectivity index (χ1v) is 6.44. The van der Waals surface area contributed by atoms with Gasteiger partial charge in [-0.1, -0.05) is 37.3 Å². The van der Waals surface area contributed by atoms with Gasteiger partial charge in [-0.15, -0.1) is 10.2 Å². The number of nitrogen functional groups attached to an aromatic ring is 1. The third-order valence-electron chi connectivity index (χ3n) is 3.37. The third-order valence-corrected chi connectivity index (χ3v) is 3.37. The van der Waals surface area contributed by atoms with Crippen LogP contribution in [-0.2, 0) is 0 Å². The minimum atomic E-state index is 0.234. The van der Waals surface area contributed by atoms with Crippen molar-refractivity contribution in [3.05, 3.63) is 60.0 Å². The van der Waals surface area contributed by atoms with Crippen molar-refractivity contribution in [3.8, 4) is 0 Å². The lowest BCUT2D eigenvalue weighted by molar-refractivity contribution is 0.706. The first kappa shape index (κ1) is 11.7. The predicted molar refractivity (Wildman–Crippen MR) is 76.0 cm³/mol. The lowest BCUT2D eigenvalue weighted by Gasteiger charge is -2.13. The van der Waals surface area contributed by atoms with Crippen LogP contribution in [0.25, 0.3) is 5.65 Å². The molecule has 4 heteroatoms. The molecule has 3 aromatic rings.